The van der Waals surface area contributed by atoms with E-state index in [1.807, 2.05) is 0 Å². The molecular formula is C10H14N4O. The summed E-state index contributed by atoms with van der Waals surface area (Å²) < 4.78 is 0. The molecule has 0 aliphatic heterocycles. The highest BCUT2D eigenvalue weighted by atomic mass is 16.2. The molecule has 0 unspecified atom stereocenters. The van der Waals surface area contributed by atoms with Crippen molar-refractivity contribution in [3.63, 3.8) is 0 Å². The van der Waals surface area contributed by atoms with E-state index in [4.69, 9.17) is 5.73 Å². The number of nitrogens with zero attached hydrogens (tertiary/aromatic N) is 1. The quantitative estimate of drug-likeness (QED) is 0.664. The highest BCUT2D eigenvalue weighted by Gasteiger charge is 2.22. The van der Waals surface area contributed by atoms with E-state index in [9.17, 15) is 4.79 Å². The largest absolute Gasteiger partial charge is 0.396 e. The van der Waals surface area contributed by atoms with Crippen molar-refractivity contribution in [1.82, 2.24) is 10.3 Å². The van der Waals surface area contributed by atoms with Gasteiger partial charge in [-0.05, 0) is 25.0 Å². The van der Waals surface area contributed by atoms with E-state index in [1.165, 1.54) is 0 Å². The number of carbonyl (C=O) groups is 1. The van der Waals surface area contributed by atoms with Crippen LogP contribution in [-0.4, -0.2) is 23.5 Å². The molecule has 4 N–H and O–H groups in total. The minimum atomic E-state index is -0.0115. The number of nitrogens with one attached hydrogen (secondary N) is 2. The van der Waals surface area contributed by atoms with Crippen molar-refractivity contribution in [1.29, 1.82) is 0 Å². The first-order valence-corrected chi connectivity index (χ1v) is 4.99. The predicted molar refractivity (Wildman–Crippen MR) is 58.3 cm³/mol. The number of hydrogen-bond donors (Lipinski definition) is 3. The van der Waals surface area contributed by atoms with Gasteiger partial charge in [-0.3, -0.25) is 4.79 Å². The van der Waals surface area contributed by atoms with E-state index in [2.05, 4.69) is 15.6 Å². The average molecular weight is 206 g/mol. The first-order chi connectivity index (χ1) is 7.25. The van der Waals surface area contributed by atoms with Gasteiger partial charge < -0.3 is 16.4 Å². The maximum atomic E-state index is 11.3. The van der Waals surface area contributed by atoms with Crippen LogP contribution >= 0.6 is 0 Å². The molecule has 0 bridgehead atoms. The minimum Gasteiger partial charge on any atom is -0.396 e. The number of nitrogen functional groups attached to an aromatic ring is 1. The van der Waals surface area contributed by atoms with Crippen molar-refractivity contribution in [2.24, 2.45) is 0 Å². The predicted octanol–water partition coefficient (Wildman–Crippen LogP) is 0.354. The molecule has 0 saturated heterocycles. The van der Waals surface area contributed by atoms with E-state index in [1.54, 1.807) is 18.3 Å². The molecule has 1 aromatic rings. The third-order valence-electron chi connectivity index (χ3n) is 2.20. The Bertz CT molecular complexity index is 362. The molecular weight excluding hydrogens is 192 g/mol. The van der Waals surface area contributed by atoms with Gasteiger partial charge in [-0.1, -0.05) is 0 Å². The Morgan fingerprint density at radius 3 is 3.07 bits per heavy atom. The number of rotatable bonds is 4. The number of anilines is 2. The Kier molecular flexibility index (Phi) is 2.71. The van der Waals surface area contributed by atoms with Gasteiger partial charge in [0.2, 0.25) is 5.91 Å². The van der Waals surface area contributed by atoms with Crippen LogP contribution in [0.3, 0.4) is 0 Å². The highest BCUT2D eigenvalue weighted by Crippen LogP contribution is 2.18. The Hall–Kier alpha value is -1.78. The number of hydrogen-bond acceptors (Lipinski definition) is 4. The molecule has 5 heteroatoms. The summed E-state index contributed by atoms with van der Waals surface area (Å²) in [5.41, 5.74) is 6.22. The fourth-order valence-electron chi connectivity index (χ4n) is 1.24. The van der Waals surface area contributed by atoms with Crippen LogP contribution in [0.5, 0.6) is 0 Å². The van der Waals surface area contributed by atoms with Crippen LogP contribution in [0, 0.1) is 0 Å². The lowest BCUT2D eigenvalue weighted by Gasteiger charge is -2.07. The highest BCUT2D eigenvalue weighted by molar-refractivity contribution is 5.81. The summed E-state index contributed by atoms with van der Waals surface area (Å²) in [6, 6.07) is 3.89. The van der Waals surface area contributed by atoms with Crippen LogP contribution in [0.2, 0.25) is 0 Å². The summed E-state index contributed by atoms with van der Waals surface area (Å²) in [5.74, 6) is 0.547. The third kappa shape index (κ3) is 2.83. The fourth-order valence-corrected chi connectivity index (χ4v) is 1.24. The smallest absolute Gasteiger partial charge is 0.239 e. The summed E-state index contributed by atoms with van der Waals surface area (Å²) in [5, 5.41) is 5.77. The molecule has 1 aliphatic rings. The molecule has 0 aromatic carbocycles. The third-order valence-corrected chi connectivity index (χ3v) is 2.20. The van der Waals surface area contributed by atoms with E-state index < -0.39 is 0 Å². The first-order valence-electron chi connectivity index (χ1n) is 4.99. The van der Waals surface area contributed by atoms with Crippen LogP contribution < -0.4 is 16.4 Å². The van der Waals surface area contributed by atoms with Gasteiger partial charge in [0, 0.05) is 12.2 Å². The van der Waals surface area contributed by atoms with Gasteiger partial charge in [0.25, 0.3) is 0 Å². The van der Waals surface area contributed by atoms with Gasteiger partial charge in [-0.2, -0.15) is 0 Å². The van der Waals surface area contributed by atoms with Crippen molar-refractivity contribution in [3.05, 3.63) is 18.3 Å². The normalized spacial score (nSPS) is 14.7. The number of pyridine rings is 1. The monoisotopic (exact) mass is 206 g/mol. The van der Waals surface area contributed by atoms with Gasteiger partial charge in [-0.25, -0.2) is 4.98 Å². The van der Waals surface area contributed by atoms with E-state index >= 15 is 0 Å². The standard InChI is InChI=1S/C10H14N4O/c11-8-2-1-5-12-10(8)13-6-9(15)14-7-3-4-7/h1-2,5,7H,3-4,6,11H2,(H,12,13)(H,14,15). The molecule has 5 nitrogen and oxygen atoms in total. The maximum absolute atomic E-state index is 11.3. The van der Waals surface area contributed by atoms with Crippen LogP contribution in [0.25, 0.3) is 0 Å². The molecule has 0 radical (unpaired) electrons. The molecule has 80 valence electrons. The Labute approximate surface area is 88.1 Å². The minimum absolute atomic E-state index is 0.0115. The lowest BCUT2D eigenvalue weighted by molar-refractivity contribution is -0.119. The maximum Gasteiger partial charge on any atom is 0.239 e. The lowest BCUT2D eigenvalue weighted by Crippen LogP contribution is -2.31. The number of carbonyl (C=O) groups excluding carboxylic acids is 1. The summed E-state index contributed by atoms with van der Waals surface area (Å²) in [7, 11) is 0. The van der Waals surface area contributed by atoms with Gasteiger partial charge in [0.05, 0.1) is 12.2 Å². The number of nitrogens with two attached hydrogens (primary N) is 1. The first kappa shape index (κ1) is 9.76. The van der Waals surface area contributed by atoms with Crippen molar-refractivity contribution >= 4 is 17.4 Å². The van der Waals surface area contributed by atoms with Gasteiger partial charge >= 0.3 is 0 Å². The van der Waals surface area contributed by atoms with E-state index in [-0.39, 0.29) is 12.5 Å². The Morgan fingerprint density at radius 2 is 2.40 bits per heavy atom. The summed E-state index contributed by atoms with van der Waals surface area (Å²) in [6.07, 6.45) is 3.83. The van der Waals surface area contributed by atoms with Crippen molar-refractivity contribution in [2.75, 3.05) is 17.6 Å². The zero-order valence-electron chi connectivity index (χ0n) is 8.36. The molecule has 15 heavy (non-hydrogen) atoms. The zero-order valence-corrected chi connectivity index (χ0v) is 8.36. The SMILES string of the molecule is Nc1cccnc1NCC(=O)NC1CC1. The average Bonchev–Trinajstić information content (AvgIpc) is 3.00. The molecule has 1 saturated carbocycles. The van der Waals surface area contributed by atoms with Crippen molar-refractivity contribution in [3.8, 4) is 0 Å². The van der Waals surface area contributed by atoms with Crippen LogP contribution in [0.15, 0.2) is 18.3 Å². The summed E-state index contributed by atoms with van der Waals surface area (Å²) in [6.45, 7) is 0.220. The van der Waals surface area contributed by atoms with Gasteiger partial charge in [-0.15, -0.1) is 0 Å². The number of aromatic nitrogens is 1. The molecule has 2 rings (SSSR count). The topological polar surface area (TPSA) is 80.0 Å². The molecule has 1 aromatic heterocycles. The van der Waals surface area contributed by atoms with Gasteiger partial charge in [0.1, 0.15) is 5.82 Å². The van der Waals surface area contributed by atoms with Crippen LogP contribution in [0.4, 0.5) is 11.5 Å². The van der Waals surface area contributed by atoms with Crippen molar-refractivity contribution < 1.29 is 4.79 Å². The Balaban J connectivity index is 1.81. The molecule has 0 atom stereocenters. The fraction of sp³-hybridized carbons (Fsp3) is 0.400. The summed E-state index contributed by atoms with van der Waals surface area (Å²) in [4.78, 5) is 15.4. The van der Waals surface area contributed by atoms with E-state index in [0.717, 1.165) is 12.8 Å². The van der Waals surface area contributed by atoms with Crippen LogP contribution in [0.1, 0.15) is 12.8 Å². The van der Waals surface area contributed by atoms with Crippen LogP contribution in [-0.2, 0) is 4.79 Å². The molecule has 1 fully saturated rings. The molecule has 1 heterocycles. The Morgan fingerprint density at radius 1 is 1.60 bits per heavy atom. The second-order valence-corrected chi connectivity index (χ2v) is 3.64. The lowest BCUT2D eigenvalue weighted by atomic mass is 10.4. The second kappa shape index (κ2) is 4.16. The molecule has 0 spiro atoms. The zero-order chi connectivity index (χ0) is 10.7. The van der Waals surface area contributed by atoms with E-state index in [0.29, 0.717) is 17.5 Å². The number of amides is 1. The second-order valence-electron chi connectivity index (χ2n) is 3.64. The van der Waals surface area contributed by atoms with Crippen molar-refractivity contribution in [2.45, 2.75) is 18.9 Å². The summed E-state index contributed by atoms with van der Waals surface area (Å²) >= 11 is 0. The molecule has 1 amide bonds. The van der Waals surface area contributed by atoms with Gasteiger partial charge in [0.15, 0.2) is 0 Å². The molecule has 1 aliphatic carbocycles.